The van der Waals surface area contributed by atoms with Crippen LogP contribution in [-0.2, 0) is 0 Å². The van der Waals surface area contributed by atoms with Gasteiger partial charge >= 0.3 is 5.97 Å². The van der Waals surface area contributed by atoms with Crippen LogP contribution in [0.5, 0.6) is 0 Å². The predicted molar refractivity (Wildman–Crippen MR) is 51.8 cm³/mol. The molecular formula is C8H9ClN2O3. The van der Waals surface area contributed by atoms with Crippen molar-refractivity contribution in [3.63, 3.8) is 0 Å². The summed E-state index contributed by atoms with van der Waals surface area (Å²) in [5.41, 5.74) is -0.199. The number of halogens is 1. The molecule has 0 fully saturated rings. The number of aromatic carboxylic acids is 1. The molecule has 6 heteroatoms. The van der Waals surface area contributed by atoms with E-state index in [1.807, 2.05) is 0 Å². The van der Waals surface area contributed by atoms with Crippen LogP contribution >= 0.6 is 11.6 Å². The van der Waals surface area contributed by atoms with Crippen LogP contribution in [0.3, 0.4) is 0 Å². The Morgan fingerprint density at radius 3 is 2.86 bits per heavy atom. The van der Waals surface area contributed by atoms with Crippen molar-refractivity contribution in [1.29, 1.82) is 0 Å². The lowest BCUT2D eigenvalue weighted by Crippen LogP contribution is -2.09. The van der Waals surface area contributed by atoms with Gasteiger partial charge in [-0.1, -0.05) is 11.6 Å². The largest absolute Gasteiger partial charge is 0.476 e. The number of nitrogens with zero attached hydrogens (tertiary/aromatic N) is 1. The molecule has 0 aliphatic rings. The Labute approximate surface area is 85.3 Å². The molecule has 0 atom stereocenters. The van der Waals surface area contributed by atoms with Crippen molar-refractivity contribution in [3.8, 4) is 0 Å². The average molecular weight is 217 g/mol. The van der Waals surface area contributed by atoms with Gasteiger partial charge in [0.15, 0.2) is 5.69 Å². The lowest BCUT2D eigenvalue weighted by Gasteiger charge is -2.04. The normalized spacial score (nSPS) is 9.86. The first-order valence-electron chi connectivity index (χ1n) is 3.89. The quantitative estimate of drug-likeness (QED) is 0.695. The number of nitrogens with one attached hydrogen (secondary N) is 1. The highest BCUT2D eigenvalue weighted by Crippen LogP contribution is 2.16. The smallest absolute Gasteiger partial charge is 0.356 e. The molecule has 1 aromatic rings. The maximum absolute atomic E-state index is 10.6. The average Bonchev–Trinajstić information content (AvgIpc) is 2.16. The number of carboxylic acids is 1. The van der Waals surface area contributed by atoms with Crippen molar-refractivity contribution < 1.29 is 15.0 Å². The van der Waals surface area contributed by atoms with Crippen LogP contribution in [-0.4, -0.2) is 34.3 Å². The first-order chi connectivity index (χ1) is 6.65. The number of aliphatic hydroxyl groups is 1. The third kappa shape index (κ3) is 2.58. The van der Waals surface area contributed by atoms with Gasteiger partial charge in [-0.3, -0.25) is 0 Å². The van der Waals surface area contributed by atoms with Crippen LogP contribution in [0.1, 0.15) is 10.5 Å². The van der Waals surface area contributed by atoms with Gasteiger partial charge in [0.05, 0.1) is 11.6 Å². The fraction of sp³-hybridized carbons (Fsp3) is 0.250. The highest BCUT2D eigenvalue weighted by molar-refractivity contribution is 6.33. The van der Waals surface area contributed by atoms with Crippen LogP contribution < -0.4 is 5.32 Å². The molecule has 0 aliphatic carbocycles. The molecule has 14 heavy (non-hydrogen) atoms. The standard InChI is InChI=1S/C8H9ClN2O3/c9-5-1-2-6(10-3-4-12)11-7(5)8(13)14/h1-2,12H,3-4H2,(H,10,11)(H,13,14). The minimum absolute atomic E-state index is 0.0489. The molecular weight excluding hydrogens is 208 g/mol. The Hall–Kier alpha value is -1.33. The predicted octanol–water partition coefficient (Wildman–Crippen LogP) is 0.837. The molecule has 0 bridgehead atoms. The zero-order valence-corrected chi connectivity index (χ0v) is 7.95. The second-order valence-electron chi connectivity index (χ2n) is 2.48. The molecule has 5 nitrogen and oxygen atoms in total. The van der Waals surface area contributed by atoms with Gasteiger partial charge in [0.25, 0.3) is 0 Å². The molecule has 0 amide bonds. The van der Waals surface area contributed by atoms with E-state index in [-0.39, 0.29) is 17.3 Å². The first kappa shape index (κ1) is 10.7. The lowest BCUT2D eigenvalue weighted by atomic mass is 10.3. The van der Waals surface area contributed by atoms with Crippen LogP contribution in [0.4, 0.5) is 5.82 Å². The molecule has 0 aliphatic heterocycles. The van der Waals surface area contributed by atoms with Gasteiger partial charge in [0.1, 0.15) is 5.82 Å². The second-order valence-corrected chi connectivity index (χ2v) is 2.89. The first-order valence-corrected chi connectivity index (χ1v) is 4.27. The minimum atomic E-state index is -1.18. The lowest BCUT2D eigenvalue weighted by molar-refractivity contribution is 0.0691. The van der Waals surface area contributed by atoms with Crippen LogP contribution in [0.25, 0.3) is 0 Å². The number of pyridine rings is 1. The molecule has 0 aromatic carbocycles. The van der Waals surface area contributed by atoms with E-state index in [1.165, 1.54) is 6.07 Å². The van der Waals surface area contributed by atoms with Crippen LogP contribution in [0.2, 0.25) is 5.02 Å². The fourth-order valence-corrected chi connectivity index (χ4v) is 1.06. The van der Waals surface area contributed by atoms with E-state index in [9.17, 15) is 4.79 Å². The number of anilines is 1. The van der Waals surface area contributed by atoms with Crippen molar-refractivity contribution in [3.05, 3.63) is 22.8 Å². The van der Waals surface area contributed by atoms with E-state index in [4.69, 9.17) is 21.8 Å². The molecule has 0 radical (unpaired) electrons. The summed E-state index contributed by atoms with van der Waals surface area (Å²) in [6.07, 6.45) is 0. The van der Waals surface area contributed by atoms with Crippen LogP contribution in [0.15, 0.2) is 12.1 Å². The van der Waals surface area contributed by atoms with E-state index >= 15 is 0 Å². The monoisotopic (exact) mass is 216 g/mol. The van der Waals surface area contributed by atoms with Crippen molar-refractivity contribution in [2.45, 2.75) is 0 Å². The topological polar surface area (TPSA) is 82.5 Å². The van der Waals surface area contributed by atoms with E-state index in [1.54, 1.807) is 6.07 Å². The number of rotatable bonds is 4. The number of hydrogen-bond donors (Lipinski definition) is 3. The molecule has 0 saturated carbocycles. The Morgan fingerprint density at radius 1 is 1.57 bits per heavy atom. The zero-order chi connectivity index (χ0) is 10.6. The molecule has 0 saturated heterocycles. The summed E-state index contributed by atoms with van der Waals surface area (Å²) in [5, 5.41) is 20.0. The van der Waals surface area contributed by atoms with Crippen molar-refractivity contribution in [2.75, 3.05) is 18.5 Å². The molecule has 0 spiro atoms. The van der Waals surface area contributed by atoms with Crippen LogP contribution in [0, 0.1) is 0 Å². The van der Waals surface area contributed by atoms with Gasteiger partial charge in [0.2, 0.25) is 0 Å². The molecule has 1 heterocycles. The summed E-state index contributed by atoms with van der Waals surface area (Å²) in [7, 11) is 0. The third-order valence-electron chi connectivity index (χ3n) is 1.47. The molecule has 76 valence electrons. The van der Waals surface area contributed by atoms with E-state index in [2.05, 4.69) is 10.3 Å². The number of carboxylic acid groups (broad SMARTS) is 1. The highest BCUT2D eigenvalue weighted by Gasteiger charge is 2.10. The minimum Gasteiger partial charge on any atom is -0.476 e. The van der Waals surface area contributed by atoms with E-state index in [0.717, 1.165) is 0 Å². The van der Waals surface area contributed by atoms with E-state index in [0.29, 0.717) is 12.4 Å². The second kappa shape index (κ2) is 4.78. The van der Waals surface area contributed by atoms with Crippen molar-refractivity contribution >= 4 is 23.4 Å². The zero-order valence-electron chi connectivity index (χ0n) is 7.20. The van der Waals surface area contributed by atoms with Crippen molar-refractivity contribution in [1.82, 2.24) is 4.98 Å². The SMILES string of the molecule is O=C(O)c1nc(NCCO)ccc1Cl. The Balaban J connectivity index is 2.89. The maximum atomic E-state index is 10.6. The van der Waals surface area contributed by atoms with Gasteiger partial charge in [-0.15, -0.1) is 0 Å². The van der Waals surface area contributed by atoms with Gasteiger partial charge < -0.3 is 15.5 Å². The van der Waals surface area contributed by atoms with E-state index < -0.39 is 5.97 Å². The Kier molecular flexibility index (Phi) is 3.67. The van der Waals surface area contributed by atoms with Crippen molar-refractivity contribution in [2.24, 2.45) is 0 Å². The Morgan fingerprint density at radius 2 is 2.29 bits per heavy atom. The van der Waals surface area contributed by atoms with Gasteiger partial charge in [0, 0.05) is 6.54 Å². The van der Waals surface area contributed by atoms with Gasteiger partial charge in [-0.05, 0) is 12.1 Å². The number of carbonyl (C=O) groups is 1. The van der Waals surface area contributed by atoms with Gasteiger partial charge in [-0.2, -0.15) is 0 Å². The Bertz CT molecular complexity index is 343. The number of hydrogen-bond acceptors (Lipinski definition) is 4. The molecule has 0 unspecified atom stereocenters. The summed E-state index contributed by atoms with van der Waals surface area (Å²) in [5.74, 6) is -0.802. The summed E-state index contributed by atoms with van der Waals surface area (Å²) in [6, 6.07) is 2.99. The molecule has 3 N–H and O–H groups in total. The summed E-state index contributed by atoms with van der Waals surface area (Å²) in [4.78, 5) is 14.4. The maximum Gasteiger partial charge on any atom is 0.356 e. The number of aromatic nitrogens is 1. The summed E-state index contributed by atoms with van der Waals surface area (Å²) >= 11 is 5.60. The highest BCUT2D eigenvalue weighted by atomic mass is 35.5. The molecule has 1 rings (SSSR count). The van der Waals surface area contributed by atoms with Gasteiger partial charge in [-0.25, -0.2) is 9.78 Å². The summed E-state index contributed by atoms with van der Waals surface area (Å²) in [6.45, 7) is 0.264. The third-order valence-corrected chi connectivity index (χ3v) is 1.77. The fourth-order valence-electron chi connectivity index (χ4n) is 0.875. The summed E-state index contributed by atoms with van der Waals surface area (Å²) < 4.78 is 0. The molecule has 1 aromatic heterocycles. The number of aliphatic hydroxyl groups excluding tert-OH is 1.